The van der Waals surface area contributed by atoms with E-state index in [0.717, 1.165) is 36.6 Å². The summed E-state index contributed by atoms with van der Waals surface area (Å²) in [7, 11) is 3.19. The Morgan fingerprint density at radius 1 is 1.17 bits per heavy atom. The van der Waals surface area contributed by atoms with E-state index in [1.165, 1.54) is 18.2 Å². The van der Waals surface area contributed by atoms with Gasteiger partial charge in [0, 0.05) is 29.3 Å². The molecule has 30 heavy (non-hydrogen) atoms. The molecule has 2 heterocycles. The summed E-state index contributed by atoms with van der Waals surface area (Å²) in [5, 5.41) is 10.8. The molecule has 1 aliphatic heterocycles. The van der Waals surface area contributed by atoms with Gasteiger partial charge in [0.1, 0.15) is 3.82 Å². The van der Waals surface area contributed by atoms with Gasteiger partial charge in [-0.2, -0.15) is 0 Å². The molecule has 0 unspecified atom stereocenters. The molecule has 0 saturated heterocycles. The number of fused-ring (bicyclic) bond motifs is 3. The highest BCUT2D eigenvalue weighted by Gasteiger charge is 2.42. The smallest absolute Gasteiger partial charge is 0.269 e. The fourth-order valence-electron chi connectivity index (χ4n) is 3.69. The fraction of sp³-hybridized carbons (Fsp3) is 0.182. The number of non-ortho nitro benzene ring substituents is 1. The molecule has 8 heteroatoms. The maximum absolute atomic E-state index is 13.3. The predicted octanol–water partition coefficient (Wildman–Crippen LogP) is 6.72. The third-order valence-electron chi connectivity index (χ3n) is 5.15. The van der Waals surface area contributed by atoms with Crippen LogP contribution in [0, 0.1) is 20.9 Å². The number of rotatable bonds is 3. The molecule has 0 radical (unpaired) electrons. The van der Waals surface area contributed by atoms with Crippen molar-refractivity contribution in [2.75, 3.05) is 4.90 Å². The van der Waals surface area contributed by atoms with Crippen LogP contribution >= 0.6 is 32.9 Å². The zero-order valence-corrected chi connectivity index (χ0v) is 19.0. The monoisotopic (exact) mass is 454 g/mol. The molecule has 0 atom stereocenters. The molecular formula is C22H18N2O3S3. The molecular weight excluding hydrogens is 436 g/mol. The molecule has 0 aliphatic carbocycles. The molecule has 0 spiro atoms. The standard InChI is InChI=1S/C22H18N2O3S3/c1-13-4-10-17-16(12-13)19-20(29-30-21(19)28)22(2,3)23(17)18(25)11-7-14-5-8-15(9-6-14)24(26)27/h4-12H,1-3H3. The van der Waals surface area contributed by atoms with Crippen LogP contribution in [-0.4, -0.2) is 10.8 Å². The molecule has 152 valence electrons. The van der Waals surface area contributed by atoms with Gasteiger partial charge in [0.25, 0.3) is 11.6 Å². The van der Waals surface area contributed by atoms with E-state index in [9.17, 15) is 14.9 Å². The van der Waals surface area contributed by atoms with Gasteiger partial charge in [0.05, 0.1) is 21.0 Å². The maximum Gasteiger partial charge on any atom is 0.269 e. The van der Waals surface area contributed by atoms with Crippen LogP contribution in [0.4, 0.5) is 11.4 Å². The van der Waals surface area contributed by atoms with Crippen molar-refractivity contribution in [2.45, 2.75) is 26.3 Å². The zero-order chi connectivity index (χ0) is 21.6. The Bertz CT molecular complexity index is 1250. The van der Waals surface area contributed by atoms with Crippen LogP contribution in [0.3, 0.4) is 0 Å². The minimum Gasteiger partial charge on any atom is -0.298 e. The molecule has 4 rings (SSSR count). The third-order valence-corrected chi connectivity index (χ3v) is 8.48. The van der Waals surface area contributed by atoms with Gasteiger partial charge >= 0.3 is 0 Å². The topological polar surface area (TPSA) is 63.5 Å². The van der Waals surface area contributed by atoms with Crippen LogP contribution in [0.2, 0.25) is 0 Å². The average Bonchev–Trinajstić information content (AvgIpc) is 3.10. The molecule has 1 amide bonds. The summed E-state index contributed by atoms with van der Waals surface area (Å²) < 4.78 is 0.850. The second-order valence-electron chi connectivity index (χ2n) is 7.59. The summed E-state index contributed by atoms with van der Waals surface area (Å²) in [5.74, 6) is -0.154. The van der Waals surface area contributed by atoms with E-state index in [1.807, 2.05) is 37.8 Å². The lowest BCUT2D eigenvalue weighted by molar-refractivity contribution is -0.384. The minimum atomic E-state index is -0.549. The molecule has 0 bridgehead atoms. The Kier molecular flexibility index (Phi) is 5.17. The lowest BCUT2D eigenvalue weighted by Crippen LogP contribution is -2.47. The van der Waals surface area contributed by atoms with Gasteiger partial charge in [-0.1, -0.05) is 44.5 Å². The van der Waals surface area contributed by atoms with Crippen molar-refractivity contribution in [2.24, 2.45) is 0 Å². The van der Waals surface area contributed by atoms with Crippen molar-refractivity contribution in [3.05, 3.63) is 78.5 Å². The lowest BCUT2D eigenvalue weighted by atomic mass is 9.86. The molecule has 1 aliphatic rings. The van der Waals surface area contributed by atoms with Crippen molar-refractivity contribution in [3.8, 4) is 11.1 Å². The largest absolute Gasteiger partial charge is 0.298 e. The molecule has 5 nitrogen and oxygen atoms in total. The highest BCUT2D eigenvalue weighted by Crippen LogP contribution is 2.52. The molecule has 0 N–H and O–H groups in total. The maximum atomic E-state index is 13.3. The van der Waals surface area contributed by atoms with Crippen molar-refractivity contribution >= 4 is 56.3 Å². The normalized spacial score (nSPS) is 14.4. The van der Waals surface area contributed by atoms with Crippen molar-refractivity contribution < 1.29 is 9.72 Å². The Labute approximate surface area is 186 Å². The highest BCUT2D eigenvalue weighted by molar-refractivity contribution is 7.80. The summed E-state index contributed by atoms with van der Waals surface area (Å²) in [5.41, 5.74) is 4.20. The van der Waals surface area contributed by atoms with Gasteiger partial charge in [-0.3, -0.25) is 19.8 Å². The van der Waals surface area contributed by atoms with Gasteiger partial charge in [-0.15, -0.1) is 0 Å². The first-order valence-corrected chi connectivity index (χ1v) is 11.8. The number of carbonyl (C=O) groups is 1. The first-order valence-electron chi connectivity index (χ1n) is 9.21. The summed E-state index contributed by atoms with van der Waals surface area (Å²) >= 11 is 5.61. The Morgan fingerprint density at radius 2 is 1.87 bits per heavy atom. The molecule has 0 saturated carbocycles. The van der Waals surface area contributed by atoms with E-state index in [-0.39, 0.29) is 11.6 Å². The SMILES string of the molecule is Cc1ccc2c(c1)-c1c(ssc1=S)C(C)(C)N2C(=O)C=Cc1ccc([N+](=O)[O-])cc1. The van der Waals surface area contributed by atoms with E-state index >= 15 is 0 Å². The zero-order valence-electron chi connectivity index (χ0n) is 16.5. The minimum absolute atomic E-state index is 0.0196. The second kappa shape index (κ2) is 7.54. The van der Waals surface area contributed by atoms with Crippen LogP contribution in [0.1, 0.15) is 29.9 Å². The summed E-state index contributed by atoms with van der Waals surface area (Å²) in [6, 6.07) is 12.2. The number of nitro benzene ring substituents is 1. The number of anilines is 1. The third kappa shape index (κ3) is 3.40. The number of carbonyl (C=O) groups excluding carboxylic acids is 1. The van der Waals surface area contributed by atoms with Crippen LogP contribution in [-0.2, 0) is 10.3 Å². The van der Waals surface area contributed by atoms with Gasteiger partial charge in [0.15, 0.2) is 0 Å². The number of amides is 1. The van der Waals surface area contributed by atoms with Crippen LogP contribution in [0.25, 0.3) is 17.2 Å². The molecule has 0 fully saturated rings. The number of nitro groups is 1. The van der Waals surface area contributed by atoms with Gasteiger partial charge in [0.2, 0.25) is 0 Å². The fourth-order valence-corrected chi connectivity index (χ4v) is 6.97. The van der Waals surface area contributed by atoms with Crippen molar-refractivity contribution in [1.29, 1.82) is 0 Å². The lowest BCUT2D eigenvalue weighted by Gasteiger charge is -2.42. The Hall–Kier alpha value is -2.68. The second-order valence-corrected chi connectivity index (χ2v) is 10.4. The Balaban J connectivity index is 1.75. The first-order chi connectivity index (χ1) is 14.2. The summed E-state index contributed by atoms with van der Waals surface area (Å²) in [6.45, 7) is 6.09. The van der Waals surface area contributed by atoms with Crippen molar-refractivity contribution in [3.63, 3.8) is 0 Å². The molecule has 2 aromatic carbocycles. The molecule has 3 aromatic rings. The van der Waals surface area contributed by atoms with Crippen LogP contribution in [0.15, 0.2) is 48.5 Å². The van der Waals surface area contributed by atoms with E-state index in [4.69, 9.17) is 12.2 Å². The number of aryl methyl sites for hydroxylation is 1. The van der Waals surface area contributed by atoms with Crippen LogP contribution in [0.5, 0.6) is 0 Å². The summed E-state index contributed by atoms with van der Waals surface area (Å²) in [6.07, 6.45) is 3.20. The first kappa shape index (κ1) is 20.6. The number of benzene rings is 2. The Morgan fingerprint density at radius 3 is 2.53 bits per heavy atom. The van der Waals surface area contributed by atoms with Gasteiger partial charge < -0.3 is 0 Å². The van der Waals surface area contributed by atoms with E-state index in [1.54, 1.807) is 38.9 Å². The van der Waals surface area contributed by atoms with E-state index in [0.29, 0.717) is 0 Å². The highest BCUT2D eigenvalue weighted by atomic mass is 32.9. The van der Waals surface area contributed by atoms with Crippen LogP contribution < -0.4 is 4.90 Å². The van der Waals surface area contributed by atoms with E-state index < -0.39 is 10.5 Å². The number of hydrogen-bond donors (Lipinski definition) is 0. The van der Waals surface area contributed by atoms with Gasteiger partial charge in [-0.25, -0.2) is 0 Å². The number of nitrogens with zero attached hydrogens (tertiary/aromatic N) is 2. The number of hydrogen-bond acceptors (Lipinski definition) is 6. The van der Waals surface area contributed by atoms with Crippen molar-refractivity contribution in [1.82, 2.24) is 0 Å². The molecule has 1 aromatic heterocycles. The summed E-state index contributed by atoms with van der Waals surface area (Å²) in [4.78, 5) is 26.6. The van der Waals surface area contributed by atoms with Gasteiger partial charge in [-0.05, 0) is 56.7 Å². The average molecular weight is 455 g/mol. The predicted molar refractivity (Wildman–Crippen MR) is 126 cm³/mol. The quantitative estimate of drug-likeness (QED) is 0.145. The van der Waals surface area contributed by atoms with E-state index in [2.05, 4.69) is 6.07 Å².